The minimum atomic E-state index is -2.87. The Labute approximate surface area is 68.7 Å². The highest BCUT2D eigenvalue weighted by molar-refractivity contribution is 7.30. The first kappa shape index (κ1) is 13.4. The van der Waals surface area contributed by atoms with Gasteiger partial charge in [0.15, 0.2) is 0 Å². The molecule has 0 radical (unpaired) electrons. The number of hydrogen-bond donors (Lipinski definition) is 2. The van der Waals surface area contributed by atoms with Crippen LogP contribution in [0.15, 0.2) is 11.6 Å². The summed E-state index contributed by atoms with van der Waals surface area (Å²) < 4.78 is 8.70. The van der Waals surface area contributed by atoms with E-state index < -0.39 is 8.25 Å². The highest BCUT2D eigenvalue weighted by Crippen LogP contribution is 2.02. The lowest BCUT2D eigenvalue weighted by molar-refractivity contribution is 0.405. The van der Waals surface area contributed by atoms with Crippen molar-refractivity contribution in [2.45, 2.75) is 33.6 Å². The Morgan fingerprint density at radius 2 is 1.64 bits per heavy atom. The normalized spacial score (nSPS) is 7.73. The van der Waals surface area contributed by atoms with Crippen LogP contribution in [0.4, 0.5) is 0 Å². The van der Waals surface area contributed by atoms with Gasteiger partial charge >= 0.3 is 8.25 Å². The maximum absolute atomic E-state index is 8.70. The van der Waals surface area contributed by atoms with Gasteiger partial charge in [-0.15, -0.1) is 9.79 Å². The maximum Gasteiger partial charge on any atom is 0.692 e. The Morgan fingerprint density at radius 3 is 1.64 bits per heavy atom. The zero-order valence-electron chi connectivity index (χ0n) is 7.24. The predicted octanol–water partition coefficient (Wildman–Crippen LogP) is 2.38. The highest BCUT2D eigenvalue weighted by atomic mass is 31.1. The summed E-state index contributed by atoms with van der Waals surface area (Å²) in [6.45, 7) is 6.49. The van der Waals surface area contributed by atoms with Crippen molar-refractivity contribution >= 4 is 8.25 Å². The Balaban J connectivity index is 0. The van der Waals surface area contributed by atoms with Crippen molar-refractivity contribution in [3.63, 3.8) is 0 Å². The molecule has 0 aliphatic rings. The molecule has 66 valence electrons. The van der Waals surface area contributed by atoms with Gasteiger partial charge in [0, 0.05) is 4.57 Å². The highest BCUT2D eigenvalue weighted by Gasteiger charge is 1.93. The topological polar surface area (TPSA) is 57.5 Å². The van der Waals surface area contributed by atoms with Crippen molar-refractivity contribution in [3.05, 3.63) is 11.6 Å². The summed E-state index contributed by atoms with van der Waals surface area (Å²) in [5.74, 6) is 0. The lowest BCUT2D eigenvalue weighted by Gasteiger charge is -1.93. The van der Waals surface area contributed by atoms with E-state index in [1.165, 1.54) is 12.8 Å². The van der Waals surface area contributed by atoms with Gasteiger partial charge in [-0.05, 0) is 19.8 Å². The molecule has 11 heavy (non-hydrogen) atoms. The van der Waals surface area contributed by atoms with Crippen molar-refractivity contribution in [2.75, 3.05) is 0 Å². The quantitative estimate of drug-likeness (QED) is 0.505. The summed E-state index contributed by atoms with van der Waals surface area (Å²) in [6.07, 6.45) is 4.62. The Kier molecular flexibility index (Phi) is 11.9. The number of hydrogen-bond acceptors (Lipinski definition) is 1. The number of allylic oxidation sites excluding steroid dienone is 2. The van der Waals surface area contributed by atoms with Gasteiger partial charge < -0.3 is 0 Å². The molecule has 0 unspecified atom stereocenters. The second-order valence-corrected chi connectivity index (χ2v) is 2.41. The zero-order valence-corrected chi connectivity index (χ0v) is 8.14. The van der Waals surface area contributed by atoms with Gasteiger partial charge in [0.2, 0.25) is 0 Å². The second-order valence-electron chi connectivity index (χ2n) is 1.91. The first-order valence-electron chi connectivity index (χ1n) is 3.57. The van der Waals surface area contributed by atoms with Crippen LogP contribution in [0.3, 0.4) is 0 Å². The van der Waals surface area contributed by atoms with Crippen LogP contribution in [0.1, 0.15) is 33.6 Å². The largest absolute Gasteiger partial charge is 0.692 e. The fourth-order valence-electron chi connectivity index (χ4n) is 0.658. The molecule has 0 atom stereocenters. The fourth-order valence-corrected chi connectivity index (χ4v) is 0.658. The summed E-state index contributed by atoms with van der Waals surface area (Å²) in [4.78, 5) is 14.2. The summed E-state index contributed by atoms with van der Waals surface area (Å²) >= 11 is 0. The van der Waals surface area contributed by atoms with E-state index in [0.717, 1.165) is 0 Å². The summed E-state index contributed by atoms with van der Waals surface area (Å²) in [5, 5.41) is 0. The Hall–Kier alpha value is -0.240. The molecule has 0 heterocycles. The van der Waals surface area contributed by atoms with Crippen molar-refractivity contribution in [2.24, 2.45) is 0 Å². The Morgan fingerprint density at radius 1 is 1.36 bits per heavy atom. The molecule has 0 fully saturated rings. The lowest BCUT2D eigenvalue weighted by atomic mass is 10.1. The standard InChI is InChI=1S/C7H14.HO3P/c1-4-7(5-2)6-3;1-4(2)3/h4H,5-6H2,1-3H3;(H-,1,2,3)/p+1. The van der Waals surface area contributed by atoms with Crippen molar-refractivity contribution in [1.82, 2.24) is 0 Å². The van der Waals surface area contributed by atoms with E-state index in [4.69, 9.17) is 14.4 Å². The van der Waals surface area contributed by atoms with Crippen LogP contribution in [-0.4, -0.2) is 9.79 Å². The van der Waals surface area contributed by atoms with Gasteiger partial charge in [-0.1, -0.05) is 25.5 Å². The molecule has 0 saturated carbocycles. The van der Waals surface area contributed by atoms with Crippen LogP contribution in [0.2, 0.25) is 0 Å². The molecule has 0 saturated heterocycles. The molecule has 0 aromatic carbocycles. The van der Waals surface area contributed by atoms with Crippen molar-refractivity contribution in [1.29, 1.82) is 0 Å². The third-order valence-corrected chi connectivity index (χ3v) is 1.32. The minimum Gasteiger partial charge on any atom is -0.134 e. The molecule has 0 aromatic rings. The van der Waals surface area contributed by atoms with Gasteiger partial charge in [0.1, 0.15) is 0 Å². The Bertz CT molecular complexity index is 122. The predicted molar refractivity (Wildman–Crippen MR) is 46.4 cm³/mol. The maximum atomic E-state index is 8.70. The van der Waals surface area contributed by atoms with Crippen molar-refractivity contribution < 1.29 is 14.4 Å². The van der Waals surface area contributed by atoms with E-state index in [1.54, 1.807) is 5.57 Å². The first-order chi connectivity index (χ1) is 5.08. The van der Waals surface area contributed by atoms with Crippen LogP contribution in [0, 0.1) is 0 Å². The summed E-state index contributed by atoms with van der Waals surface area (Å²) in [5.41, 5.74) is 1.56. The molecular formula is C7H16O3P+. The summed E-state index contributed by atoms with van der Waals surface area (Å²) in [7, 11) is -2.87. The van der Waals surface area contributed by atoms with E-state index in [1.807, 2.05) is 0 Å². The summed E-state index contributed by atoms with van der Waals surface area (Å²) in [6, 6.07) is 0. The van der Waals surface area contributed by atoms with E-state index in [2.05, 4.69) is 26.8 Å². The second kappa shape index (κ2) is 9.76. The monoisotopic (exact) mass is 179 g/mol. The van der Waals surface area contributed by atoms with Crippen LogP contribution >= 0.6 is 8.25 Å². The molecule has 0 spiro atoms. The van der Waals surface area contributed by atoms with Crippen LogP contribution in [-0.2, 0) is 4.57 Å². The van der Waals surface area contributed by atoms with E-state index >= 15 is 0 Å². The average Bonchev–Trinajstić information content (AvgIpc) is 1.90. The van der Waals surface area contributed by atoms with Gasteiger partial charge in [0.25, 0.3) is 0 Å². The smallest absolute Gasteiger partial charge is 0.134 e. The molecule has 0 aliphatic carbocycles. The van der Waals surface area contributed by atoms with E-state index in [-0.39, 0.29) is 0 Å². The molecule has 0 amide bonds. The zero-order chi connectivity index (χ0) is 9.28. The third kappa shape index (κ3) is 17.7. The average molecular weight is 179 g/mol. The van der Waals surface area contributed by atoms with Gasteiger partial charge in [-0.3, -0.25) is 0 Å². The molecule has 0 aromatic heterocycles. The van der Waals surface area contributed by atoms with Gasteiger partial charge in [-0.25, -0.2) is 0 Å². The van der Waals surface area contributed by atoms with Crippen LogP contribution in [0.5, 0.6) is 0 Å². The fraction of sp³-hybridized carbons (Fsp3) is 0.714. The lowest BCUT2D eigenvalue weighted by Crippen LogP contribution is -1.72. The molecule has 2 N–H and O–H groups in total. The first-order valence-corrected chi connectivity index (χ1v) is 4.74. The third-order valence-electron chi connectivity index (χ3n) is 1.32. The SMILES string of the molecule is CC=C(CC)CC.O=[P+](O)O. The molecule has 0 aliphatic heterocycles. The van der Waals surface area contributed by atoms with E-state index in [0.29, 0.717) is 0 Å². The van der Waals surface area contributed by atoms with Crippen LogP contribution in [0.25, 0.3) is 0 Å². The van der Waals surface area contributed by atoms with E-state index in [9.17, 15) is 0 Å². The van der Waals surface area contributed by atoms with Gasteiger partial charge in [-0.2, -0.15) is 0 Å². The van der Waals surface area contributed by atoms with Gasteiger partial charge in [0.05, 0.1) is 0 Å². The number of rotatable bonds is 2. The molecule has 0 rings (SSSR count). The minimum absolute atomic E-state index is 1.22. The molecule has 3 nitrogen and oxygen atoms in total. The van der Waals surface area contributed by atoms with Crippen LogP contribution < -0.4 is 0 Å². The van der Waals surface area contributed by atoms with Crippen molar-refractivity contribution in [3.8, 4) is 0 Å². The molecule has 0 bridgehead atoms. The molecule has 4 heteroatoms. The molecular weight excluding hydrogens is 163 g/mol.